The molecule has 0 saturated carbocycles. The van der Waals surface area contributed by atoms with E-state index in [4.69, 9.17) is 11.6 Å². The number of carbonyl (C=O) groups excluding carboxylic acids is 2. The zero-order valence-corrected chi connectivity index (χ0v) is 12.5. The van der Waals surface area contributed by atoms with Gasteiger partial charge in [-0.3, -0.25) is 9.69 Å². The highest BCUT2D eigenvalue weighted by Gasteiger charge is 2.45. The van der Waals surface area contributed by atoms with Crippen LogP contribution in [0.4, 0.5) is 4.79 Å². The summed E-state index contributed by atoms with van der Waals surface area (Å²) in [5, 5.41) is 2.41. The predicted octanol–water partition coefficient (Wildman–Crippen LogP) is 0.326. The third-order valence-corrected chi connectivity index (χ3v) is 6.75. The number of amides is 3. The lowest BCUT2D eigenvalue weighted by Gasteiger charge is -2.41. The molecule has 10 heteroatoms. The maximum atomic E-state index is 12.2. The third kappa shape index (κ3) is 2.10. The van der Waals surface area contributed by atoms with E-state index in [0.29, 0.717) is 4.34 Å². The summed E-state index contributed by atoms with van der Waals surface area (Å²) < 4.78 is 26.2. The van der Waals surface area contributed by atoms with Gasteiger partial charge in [-0.25, -0.2) is 13.2 Å². The number of hydrogen-bond acceptors (Lipinski definition) is 5. The second kappa shape index (κ2) is 4.69. The minimum atomic E-state index is -3.58. The van der Waals surface area contributed by atoms with Crippen molar-refractivity contribution in [3.05, 3.63) is 16.5 Å². The molecule has 1 aromatic heterocycles. The van der Waals surface area contributed by atoms with Crippen molar-refractivity contribution in [1.82, 2.24) is 14.5 Å². The lowest BCUT2D eigenvalue weighted by molar-refractivity contribution is -0.128. The van der Waals surface area contributed by atoms with Crippen molar-refractivity contribution in [3.63, 3.8) is 0 Å². The fourth-order valence-corrected chi connectivity index (χ4v) is 5.30. The molecule has 3 rings (SSSR count). The minimum Gasteiger partial charge on any atom is -0.329 e. The summed E-state index contributed by atoms with van der Waals surface area (Å²) in [6, 6.07) is 2.11. The highest BCUT2D eigenvalue weighted by Crippen LogP contribution is 2.31. The molecule has 108 valence electrons. The van der Waals surface area contributed by atoms with E-state index in [1.807, 2.05) is 0 Å². The van der Waals surface area contributed by atoms with Crippen molar-refractivity contribution in [3.8, 4) is 0 Å². The fraction of sp³-hybridized carbons (Fsp3) is 0.400. The molecule has 2 fully saturated rings. The van der Waals surface area contributed by atoms with E-state index in [-0.39, 0.29) is 29.8 Å². The molecule has 2 aliphatic heterocycles. The van der Waals surface area contributed by atoms with Crippen molar-refractivity contribution >= 4 is 44.9 Å². The third-order valence-electron chi connectivity index (χ3n) is 3.21. The monoisotopic (exact) mass is 335 g/mol. The molecule has 3 heterocycles. The van der Waals surface area contributed by atoms with Gasteiger partial charge in [-0.15, -0.1) is 11.3 Å². The van der Waals surface area contributed by atoms with Crippen LogP contribution in [0, 0.1) is 0 Å². The van der Waals surface area contributed by atoms with Crippen molar-refractivity contribution in [2.45, 2.75) is 10.3 Å². The first kappa shape index (κ1) is 13.8. The second-order valence-corrected chi connectivity index (χ2v) is 8.34. The predicted molar refractivity (Wildman–Crippen MR) is 72.1 cm³/mol. The van der Waals surface area contributed by atoms with Crippen LogP contribution in [0.1, 0.15) is 0 Å². The van der Waals surface area contributed by atoms with Crippen LogP contribution in [0.5, 0.6) is 0 Å². The molecule has 20 heavy (non-hydrogen) atoms. The molecular weight excluding hydrogens is 326 g/mol. The SMILES string of the molecule is O=C1CNC(=O)N1C1CN(S(=O)(=O)c2ccc(Cl)s2)C1. The molecule has 1 N–H and O–H groups in total. The molecule has 7 nitrogen and oxygen atoms in total. The molecule has 0 atom stereocenters. The summed E-state index contributed by atoms with van der Waals surface area (Å²) in [6.45, 7) is 0.219. The molecule has 0 radical (unpaired) electrons. The second-order valence-electron chi connectivity index (χ2n) is 4.46. The van der Waals surface area contributed by atoms with E-state index < -0.39 is 22.1 Å². The summed E-state index contributed by atoms with van der Waals surface area (Å²) in [4.78, 5) is 24.1. The Morgan fingerprint density at radius 3 is 2.50 bits per heavy atom. The van der Waals surface area contributed by atoms with Crippen LogP contribution < -0.4 is 5.32 Å². The summed E-state index contributed by atoms with van der Waals surface area (Å²) in [7, 11) is -3.58. The van der Waals surface area contributed by atoms with Crippen molar-refractivity contribution in [1.29, 1.82) is 0 Å². The maximum absolute atomic E-state index is 12.2. The molecule has 0 bridgehead atoms. The van der Waals surface area contributed by atoms with Crippen LogP contribution in [-0.4, -0.2) is 55.2 Å². The lowest BCUT2D eigenvalue weighted by atomic mass is 10.1. The Hall–Kier alpha value is -1.16. The minimum absolute atomic E-state index is 0.0252. The molecule has 0 aromatic carbocycles. The van der Waals surface area contributed by atoms with E-state index >= 15 is 0 Å². The number of nitrogens with zero attached hydrogens (tertiary/aromatic N) is 2. The van der Waals surface area contributed by atoms with Gasteiger partial charge in [0, 0.05) is 13.1 Å². The highest BCUT2D eigenvalue weighted by atomic mass is 35.5. The molecule has 2 saturated heterocycles. The van der Waals surface area contributed by atoms with E-state index in [0.717, 1.165) is 16.2 Å². The summed E-state index contributed by atoms with van der Waals surface area (Å²) in [5.74, 6) is -0.323. The van der Waals surface area contributed by atoms with Gasteiger partial charge in [0.1, 0.15) is 4.21 Å². The molecule has 0 aliphatic carbocycles. The van der Waals surface area contributed by atoms with Crippen LogP contribution >= 0.6 is 22.9 Å². The topological polar surface area (TPSA) is 86.8 Å². The van der Waals surface area contributed by atoms with Crippen LogP contribution in [0.15, 0.2) is 16.3 Å². The largest absolute Gasteiger partial charge is 0.329 e. The standard InChI is InChI=1S/C10H10ClN3O4S2/c11-7-1-2-9(19-7)20(17,18)13-4-6(5-13)14-8(15)3-12-10(14)16/h1-2,6H,3-5H2,(H,12,16). The zero-order chi connectivity index (χ0) is 14.5. The Morgan fingerprint density at radius 1 is 1.30 bits per heavy atom. The molecule has 1 aromatic rings. The average Bonchev–Trinajstić information content (AvgIpc) is 2.88. The van der Waals surface area contributed by atoms with E-state index in [2.05, 4.69) is 5.32 Å². The summed E-state index contributed by atoms with van der Waals surface area (Å²) >= 11 is 6.72. The molecular formula is C10H10ClN3O4S2. The van der Waals surface area contributed by atoms with Gasteiger partial charge >= 0.3 is 6.03 Å². The van der Waals surface area contributed by atoms with Crippen LogP contribution in [0.2, 0.25) is 4.34 Å². The normalized spacial score (nSPS) is 21.1. The van der Waals surface area contributed by atoms with E-state index in [9.17, 15) is 18.0 Å². The molecule has 2 aliphatic rings. The van der Waals surface area contributed by atoms with Gasteiger partial charge in [-0.1, -0.05) is 11.6 Å². The first-order chi connectivity index (χ1) is 9.39. The Kier molecular flexibility index (Phi) is 3.24. The number of halogens is 1. The van der Waals surface area contributed by atoms with Gasteiger partial charge in [-0.2, -0.15) is 4.31 Å². The quantitative estimate of drug-likeness (QED) is 0.806. The van der Waals surface area contributed by atoms with Gasteiger partial charge in [0.2, 0.25) is 5.91 Å². The molecule has 3 amide bonds. The van der Waals surface area contributed by atoms with Gasteiger partial charge in [-0.05, 0) is 12.1 Å². The Labute approximate surface area is 124 Å². The van der Waals surface area contributed by atoms with Gasteiger partial charge in [0.15, 0.2) is 0 Å². The van der Waals surface area contributed by atoms with Crippen molar-refractivity contribution in [2.24, 2.45) is 0 Å². The summed E-state index contributed by atoms with van der Waals surface area (Å²) in [5.41, 5.74) is 0. The number of rotatable bonds is 3. The molecule has 0 spiro atoms. The van der Waals surface area contributed by atoms with Gasteiger partial charge < -0.3 is 5.32 Å². The number of carbonyl (C=O) groups is 2. The first-order valence-corrected chi connectivity index (χ1v) is 8.38. The van der Waals surface area contributed by atoms with Crippen LogP contribution in [-0.2, 0) is 14.8 Å². The number of urea groups is 1. The van der Waals surface area contributed by atoms with Crippen molar-refractivity contribution < 1.29 is 18.0 Å². The van der Waals surface area contributed by atoms with E-state index in [1.165, 1.54) is 16.4 Å². The number of hydrogen-bond donors (Lipinski definition) is 1. The Morgan fingerprint density at radius 2 is 2.00 bits per heavy atom. The number of imide groups is 1. The van der Waals surface area contributed by atoms with Crippen LogP contribution in [0.3, 0.4) is 0 Å². The summed E-state index contributed by atoms with van der Waals surface area (Å²) in [6.07, 6.45) is 0. The fourth-order valence-electron chi connectivity index (χ4n) is 2.14. The van der Waals surface area contributed by atoms with Gasteiger partial charge in [0.05, 0.1) is 16.9 Å². The zero-order valence-electron chi connectivity index (χ0n) is 10.1. The Balaban J connectivity index is 1.71. The molecule has 0 unspecified atom stereocenters. The smallest absolute Gasteiger partial charge is 0.324 e. The first-order valence-electron chi connectivity index (χ1n) is 5.75. The number of sulfonamides is 1. The van der Waals surface area contributed by atoms with Crippen LogP contribution in [0.25, 0.3) is 0 Å². The number of thiophene rings is 1. The highest BCUT2D eigenvalue weighted by molar-refractivity contribution is 7.91. The van der Waals surface area contributed by atoms with E-state index in [1.54, 1.807) is 0 Å². The van der Waals surface area contributed by atoms with Crippen molar-refractivity contribution in [2.75, 3.05) is 19.6 Å². The Bertz CT molecular complexity index is 664. The lowest BCUT2D eigenvalue weighted by Crippen LogP contribution is -2.62. The average molecular weight is 336 g/mol. The van der Waals surface area contributed by atoms with Gasteiger partial charge in [0.25, 0.3) is 10.0 Å². The number of nitrogens with one attached hydrogen (secondary N) is 1. The maximum Gasteiger partial charge on any atom is 0.324 e.